The number of aryl methyl sites for hydroxylation is 1. The molecule has 5 nitrogen and oxygen atoms in total. The van der Waals surface area contributed by atoms with Crippen molar-refractivity contribution in [3.05, 3.63) is 48.5 Å². The van der Waals surface area contributed by atoms with Gasteiger partial charge < -0.3 is 15.0 Å². The van der Waals surface area contributed by atoms with Crippen molar-refractivity contribution in [1.29, 1.82) is 0 Å². The Bertz CT molecular complexity index is 720. The second kappa shape index (κ2) is 4.70. The molecule has 0 atom stereocenters. The molecule has 0 fully saturated rings. The van der Waals surface area contributed by atoms with E-state index in [4.69, 9.17) is 10.5 Å². The van der Waals surface area contributed by atoms with Gasteiger partial charge in [0, 0.05) is 36.8 Å². The predicted molar refractivity (Wildman–Crippen MR) is 72.9 cm³/mol. The van der Waals surface area contributed by atoms with Crippen molar-refractivity contribution < 1.29 is 4.74 Å². The van der Waals surface area contributed by atoms with Gasteiger partial charge in [-0.3, -0.25) is 0 Å². The fourth-order valence-corrected chi connectivity index (χ4v) is 1.99. The van der Waals surface area contributed by atoms with Crippen LogP contribution < -0.4 is 10.5 Å². The summed E-state index contributed by atoms with van der Waals surface area (Å²) < 4.78 is 7.79. The van der Waals surface area contributed by atoms with Crippen LogP contribution in [0.25, 0.3) is 10.9 Å². The molecule has 0 spiro atoms. The van der Waals surface area contributed by atoms with Crippen LogP contribution in [0.1, 0.15) is 5.69 Å². The topological polar surface area (TPSA) is 66.0 Å². The SMILES string of the molecule is Cn1ccc2cc(Oc3cc(CN)ncn3)ccc21. The molecular formula is C14H14N4O. The minimum atomic E-state index is 0.372. The minimum absolute atomic E-state index is 0.372. The number of fused-ring (bicyclic) bond motifs is 1. The summed E-state index contributed by atoms with van der Waals surface area (Å²) in [7, 11) is 2.01. The van der Waals surface area contributed by atoms with Crippen LogP contribution in [-0.4, -0.2) is 14.5 Å². The van der Waals surface area contributed by atoms with Crippen LogP contribution in [0.4, 0.5) is 0 Å². The van der Waals surface area contributed by atoms with Crippen LogP contribution >= 0.6 is 0 Å². The molecule has 3 aromatic rings. The van der Waals surface area contributed by atoms with Crippen molar-refractivity contribution in [3.63, 3.8) is 0 Å². The molecule has 0 saturated heterocycles. The molecule has 2 N–H and O–H groups in total. The maximum absolute atomic E-state index is 5.72. The number of aromatic nitrogens is 3. The number of hydrogen-bond donors (Lipinski definition) is 1. The Hall–Kier alpha value is -2.40. The van der Waals surface area contributed by atoms with Gasteiger partial charge in [-0.1, -0.05) is 0 Å². The third kappa shape index (κ3) is 2.28. The molecular weight excluding hydrogens is 240 g/mol. The smallest absolute Gasteiger partial charge is 0.222 e. The van der Waals surface area contributed by atoms with Crippen molar-refractivity contribution >= 4 is 10.9 Å². The summed E-state index contributed by atoms with van der Waals surface area (Å²) in [6.07, 6.45) is 3.48. The molecule has 0 radical (unpaired) electrons. The van der Waals surface area contributed by atoms with Crippen molar-refractivity contribution in [2.75, 3.05) is 0 Å². The molecule has 1 aromatic carbocycles. The Morgan fingerprint density at radius 2 is 2.11 bits per heavy atom. The molecule has 5 heteroatoms. The Morgan fingerprint density at radius 1 is 1.21 bits per heavy atom. The molecule has 0 aliphatic rings. The molecule has 0 saturated carbocycles. The summed E-state index contributed by atoms with van der Waals surface area (Å²) >= 11 is 0. The van der Waals surface area contributed by atoms with E-state index in [9.17, 15) is 0 Å². The fourth-order valence-electron chi connectivity index (χ4n) is 1.99. The summed E-state index contributed by atoms with van der Waals surface area (Å²) in [5, 5.41) is 1.13. The molecule has 19 heavy (non-hydrogen) atoms. The van der Waals surface area contributed by atoms with E-state index in [1.54, 1.807) is 6.07 Å². The first kappa shape index (κ1) is 11.7. The Kier molecular flexibility index (Phi) is 2.89. The predicted octanol–water partition coefficient (Wildman–Crippen LogP) is 2.22. The van der Waals surface area contributed by atoms with Gasteiger partial charge in [0.25, 0.3) is 0 Å². The van der Waals surface area contributed by atoms with E-state index in [2.05, 4.69) is 14.5 Å². The molecule has 0 unspecified atom stereocenters. The Morgan fingerprint density at radius 3 is 2.95 bits per heavy atom. The van der Waals surface area contributed by atoms with Gasteiger partial charge in [0.15, 0.2) is 0 Å². The first-order valence-electron chi connectivity index (χ1n) is 6.00. The summed E-state index contributed by atoms with van der Waals surface area (Å²) in [6.45, 7) is 0.372. The number of rotatable bonds is 3. The zero-order chi connectivity index (χ0) is 13.2. The highest BCUT2D eigenvalue weighted by molar-refractivity contribution is 5.81. The lowest BCUT2D eigenvalue weighted by Gasteiger charge is -2.06. The number of benzene rings is 1. The van der Waals surface area contributed by atoms with Gasteiger partial charge in [-0.15, -0.1) is 0 Å². The quantitative estimate of drug-likeness (QED) is 0.778. The largest absolute Gasteiger partial charge is 0.439 e. The average molecular weight is 254 g/mol. The molecule has 96 valence electrons. The maximum atomic E-state index is 5.72. The second-order valence-electron chi connectivity index (χ2n) is 4.30. The van der Waals surface area contributed by atoms with E-state index < -0.39 is 0 Å². The summed E-state index contributed by atoms with van der Waals surface area (Å²) in [5.41, 5.74) is 7.46. The van der Waals surface area contributed by atoms with E-state index in [1.807, 2.05) is 37.5 Å². The lowest BCUT2D eigenvalue weighted by Crippen LogP contribution is -2.00. The van der Waals surface area contributed by atoms with Crippen LogP contribution in [0.2, 0.25) is 0 Å². The van der Waals surface area contributed by atoms with Crippen LogP contribution in [0.5, 0.6) is 11.6 Å². The van der Waals surface area contributed by atoms with E-state index >= 15 is 0 Å². The highest BCUT2D eigenvalue weighted by atomic mass is 16.5. The van der Waals surface area contributed by atoms with Crippen molar-refractivity contribution in [2.45, 2.75) is 6.54 Å². The normalized spacial score (nSPS) is 10.8. The van der Waals surface area contributed by atoms with Crippen molar-refractivity contribution in [2.24, 2.45) is 12.8 Å². The van der Waals surface area contributed by atoms with E-state index in [0.717, 1.165) is 22.3 Å². The standard InChI is InChI=1S/C14H14N4O/c1-18-5-4-10-6-12(2-3-13(10)18)19-14-7-11(8-15)16-9-17-14/h2-7,9H,8,15H2,1H3. The summed E-state index contributed by atoms with van der Waals surface area (Å²) in [6, 6.07) is 9.73. The van der Waals surface area contributed by atoms with Gasteiger partial charge in [0.2, 0.25) is 5.88 Å². The molecule has 2 heterocycles. The van der Waals surface area contributed by atoms with Crippen LogP contribution in [0.3, 0.4) is 0 Å². The third-order valence-electron chi connectivity index (χ3n) is 2.99. The second-order valence-corrected chi connectivity index (χ2v) is 4.30. The molecule has 3 rings (SSSR count). The summed E-state index contributed by atoms with van der Waals surface area (Å²) in [4.78, 5) is 8.11. The molecule has 0 aliphatic heterocycles. The maximum Gasteiger partial charge on any atom is 0.222 e. The first-order chi connectivity index (χ1) is 9.26. The van der Waals surface area contributed by atoms with Crippen LogP contribution in [0, 0.1) is 0 Å². The van der Waals surface area contributed by atoms with Crippen molar-refractivity contribution in [1.82, 2.24) is 14.5 Å². The number of hydrogen-bond acceptors (Lipinski definition) is 4. The lowest BCUT2D eigenvalue weighted by atomic mass is 10.2. The number of nitrogens with zero attached hydrogens (tertiary/aromatic N) is 3. The van der Waals surface area contributed by atoms with Gasteiger partial charge in [0.05, 0.1) is 5.69 Å². The Labute approximate surface area is 110 Å². The third-order valence-corrected chi connectivity index (χ3v) is 2.99. The number of ether oxygens (including phenoxy) is 1. The zero-order valence-corrected chi connectivity index (χ0v) is 10.6. The van der Waals surface area contributed by atoms with Gasteiger partial charge in [-0.25, -0.2) is 9.97 Å². The zero-order valence-electron chi connectivity index (χ0n) is 10.6. The van der Waals surface area contributed by atoms with Gasteiger partial charge >= 0.3 is 0 Å². The van der Waals surface area contributed by atoms with E-state index in [-0.39, 0.29) is 0 Å². The molecule has 0 bridgehead atoms. The molecule has 0 amide bonds. The van der Waals surface area contributed by atoms with E-state index in [0.29, 0.717) is 12.4 Å². The highest BCUT2D eigenvalue weighted by Crippen LogP contribution is 2.24. The fraction of sp³-hybridized carbons (Fsp3) is 0.143. The molecule has 2 aromatic heterocycles. The monoisotopic (exact) mass is 254 g/mol. The highest BCUT2D eigenvalue weighted by Gasteiger charge is 2.03. The van der Waals surface area contributed by atoms with Crippen LogP contribution in [-0.2, 0) is 13.6 Å². The van der Waals surface area contributed by atoms with Crippen LogP contribution in [0.15, 0.2) is 42.9 Å². The average Bonchev–Trinajstić information content (AvgIpc) is 2.80. The van der Waals surface area contributed by atoms with Gasteiger partial charge in [0.1, 0.15) is 12.1 Å². The van der Waals surface area contributed by atoms with Gasteiger partial charge in [-0.2, -0.15) is 0 Å². The van der Waals surface area contributed by atoms with Crippen molar-refractivity contribution in [3.8, 4) is 11.6 Å². The van der Waals surface area contributed by atoms with Gasteiger partial charge in [-0.05, 0) is 24.3 Å². The lowest BCUT2D eigenvalue weighted by molar-refractivity contribution is 0.461. The van der Waals surface area contributed by atoms with E-state index in [1.165, 1.54) is 6.33 Å². The molecule has 0 aliphatic carbocycles. The minimum Gasteiger partial charge on any atom is -0.439 e. The summed E-state index contributed by atoms with van der Waals surface area (Å²) in [5.74, 6) is 1.26. The number of nitrogens with two attached hydrogens (primary N) is 1. The first-order valence-corrected chi connectivity index (χ1v) is 6.00. The Balaban J connectivity index is 1.91.